The Hall–Kier alpha value is -0.520. The summed E-state index contributed by atoms with van der Waals surface area (Å²) >= 11 is 4.72. The Labute approximate surface area is 107 Å². The monoisotopic (exact) mass is 304 g/mol. The van der Waals surface area contributed by atoms with Crippen molar-refractivity contribution < 1.29 is 15.0 Å². The molecule has 0 heterocycles. The highest BCUT2D eigenvalue weighted by atomic mass is 79.9. The molecule has 1 aromatic rings. The normalized spacial score (nSPS) is 12.4. The minimum atomic E-state index is -0.931. The molecule has 3 nitrogen and oxygen atoms in total. The lowest BCUT2D eigenvalue weighted by Crippen LogP contribution is -2.03. The second-order valence-electron chi connectivity index (χ2n) is 3.39. The Bertz CT molecular complexity index is 381. The van der Waals surface area contributed by atoms with E-state index in [1.54, 1.807) is 12.1 Å². The zero-order valence-corrected chi connectivity index (χ0v) is 11.2. The number of carbonyl (C=O) groups is 1. The quantitative estimate of drug-likeness (QED) is 0.821. The van der Waals surface area contributed by atoms with Crippen molar-refractivity contribution in [3.63, 3.8) is 0 Å². The van der Waals surface area contributed by atoms with Gasteiger partial charge in [0, 0.05) is 21.2 Å². The highest BCUT2D eigenvalue weighted by molar-refractivity contribution is 9.10. The summed E-state index contributed by atoms with van der Waals surface area (Å²) in [6, 6.07) is 5.20. The minimum Gasteiger partial charge on any atom is -0.478 e. The smallest absolute Gasteiger partial charge is 0.336 e. The van der Waals surface area contributed by atoms with Gasteiger partial charge >= 0.3 is 5.97 Å². The molecule has 1 aromatic carbocycles. The number of aliphatic hydroxyl groups is 1. The molecule has 0 radical (unpaired) electrons. The second-order valence-corrected chi connectivity index (χ2v) is 5.78. The predicted molar refractivity (Wildman–Crippen MR) is 68.1 cm³/mol. The maximum atomic E-state index is 11.0. The minimum absolute atomic E-state index is 0.118. The van der Waals surface area contributed by atoms with Gasteiger partial charge in [-0.25, -0.2) is 4.79 Å². The standard InChI is InChI=1S/C11H13BrO3S/c1-7(4-5-13)16-10-3-2-8(12)6-9(10)11(14)15/h2-3,6-7,13H,4-5H2,1H3,(H,14,15). The number of benzene rings is 1. The second kappa shape index (κ2) is 6.27. The summed E-state index contributed by atoms with van der Waals surface area (Å²) in [6.45, 7) is 2.08. The molecule has 0 aromatic heterocycles. The van der Waals surface area contributed by atoms with Crippen LogP contribution in [0.15, 0.2) is 27.6 Å². The molecule has 0 fully saturated rings. The molecule has 0 aliphatic carbocycles. The van der Waals surface area contributed by atoms with Gasteiger partial charge in [-0.05, 0) is 24.6 Å². The molecule has 2 N–H and O–H groups in total. The van der Waals surface area contributed by atoms with E-state index in [0.717, 1.165) is 9.37 Å². The molecular weight excluding hydrogens is 292 g/mol. The molecule has 0 aliphatic heterocycles. The Morgan fingerprint density at radius 2 is 2.25 bits per heavy atom. The average Bonchev–Trinajstić information content (AvgIpc) is 2.20. The van der Waals surface area contributed by atoms with Crippen molar-refractivity contribution in [1.82, 2.24) is 0 Å². The van der Waals surface area contributed by atoms with Crippen LogP contribution in [0.4, 0.5) is 0 Å². The van der Waals surface area contributed by atoms with Crippen LogP contribution < -0.4 is 0 Å². The first-order valence-electron chi connectivity index (χ1n) is 4.85. The van der Waals surface area contributed by atoms with E-state index in [0.29, 0.717) is 12.0 Å². The van der Waals surface area contributed by atoms with Gasteiger partial charge in [-0.2, -0.15) is 0 Å². The van der Waals surface area contributed by atoms with E-state index in [2.05, 4.69) is 15.9 Å². The first-order chi connectivity index (χ1) is 7.54. The van der Waals surface area contributed by atoms with Crippen molar-refractivity contribution in [1.29, 1.82) is 0 Å². The van der Waals surface area contributed by atoms with Crippen LogP contribution in [0.5, 0.6) is 0 Å². The third-order valence-electron chi connectivity index (χ3n) is 2.04. The fourth-order valence-corrected chi connectivity index (χ4v) is 2.67. The van der Waals surface area contributed by atoms with Gasteiger partial charge in [-0.15, -0.1) is 11.8 Å². The van der Waals surface area contributed by atoms with E-state index in [1.807, 2.05) is 13.0 Å². The van der Waals surface area contributed by atoms with Crippen LogP contribution in [-0.4, -0.2) is 28.0 Å². The van der Waals surface area contributed by atoms with E-state index in [1.165, 1.54) is 11.8 Å². The number of rotatable bonds is 5. The number of halogens is 1. The number of carboxylic acid groups (broad SMARTS) is 1. The lowest BCUT2D eigenvalue weighted by atomic mass is 10.2. The molecule has 16 heavy (non-hydrogen) atoms. The lowest BCUT2D eigenvalue weighted by Gasteiger charge is -2.11. The van der Waals surface area contributed by atoms with Crippen molar-refractivity contribution in [2.75, 3.05) is 6.61 Å². The molecular formula is C11H13BrO3S. The van der Waals surface area contributed by atoms with Crippen molar-refractivity contribution in [3.05, 3.63) is 28.2 Å². The van der Waals surface area contributed by atoms with Gasteiger partial charge < -0.3 is 10.2 Å². The first-order valence-corrected chi connectivity index (χ1v) is 6.52. The summed E-state index contributed by atoms with van der Waals surface area (Å²) in [4.78, 5) is 11.8. The fourth-order valence-electron chi connectivity index (χ4n) is 1.23. The van der Waals surface area contributed by atoms with Gasteiger partial charge in [-0.3, -0.25) is 0 Å². The molecule has 0 spiro atoms. The predicted octanol–water partition coefficient (Wildman–Crippen LogP) is 3.01. The van der Waals surface area contributed by atoms with Gasteiger partial charge in [0.05, 0.1) is 5.56 Å². The lowest BCUT2D eigenvalue weighted by molar-refractivity contribution is 0.0693. The van der Waals surface area contributed by atoms with Crippen LogP contribution in [0.3, 0.4) is 0 Å². The van der Waals surface area contributed by atoms with Crippen molar-refractivity contribution in [2.45, 2.75) is 23.5 Å². The van der Waals surface area contributed by atoms with E-state index >= 15 is 0 Å². The molecule has 0 aliphatic rings. The molecule has 0 bridgehead atoms. The summed E-state index contributed by atoms with van der Waals surface area (Å²) in [7, 11) is 0. The Morgan fingerprint density at radius 3 is 2.81 bits per heavy atom. The molecule has 88 valence electrons. The van der Waals surface area contributed by atoms with Gasteiger partial charge in [0.1, 0.15) is 0 Å². The fraction of sp³-hybridized carbons (Fsp3) is 0.364. The SMILES string of the molecule is CC(CCO)Sc1ccc(Br)cc1C(=O)O. The van der Waals surface area contributed by atoms with E-state index < -0.39 is 5.97 Å². The topological polar surface area (TPSA) is 57.5 Å². The summed E-state index contributed by atoms with van der Waals surface area (Å²) in [5.74, 6) is -0.931. The number of carboxylic acids is 1. The van der Waals surface area contributed by atoms with Crippen LogP contribution >= 0.6 is 27.7 Å². The van der Waals surface area contributed by atoms with Gasteiger partial charge in [0.2, 0.25) is 0 Å². The summed E-state index contributed by atoms with van der Waals surface area (Å²) < 4.78 is 0.754. The van der Waals surface area contributed by atoms with Gasteiger partial charge in [0.15, 0.2) is 0 Å². The number of thioether (sulfide) groups is 1. The third-order valence-corrected chi connectivity index (χ3v) is 3.78. The zero-order valence-electron chi connectivity index (χ0n) is 8.81. The highest BCUT2D eigenvalue weighted by Gasteiger charge is 2.13. The third kappa shape index (κ3) is 3.81. The van der Waals surface area contributed by atoms with Gasteiger partial charge in [0.25, 0.3) is 0 Å². The number of hydrogen-bond donors (Lipinski definition) is 2. The van der Waals surface area contributed by atoms with Crippen LogP contribution in [0.2, 0.25) is 0 Å². The Balaban J connectivity index is 2.90. The first kappa shape index (κ1) is 13.5. The Kier molecular flexibility index (Phi) is 5.31. The molecule has 0 saturated carbocycles. The number of hydrogen-bond acceptors (Lipinski definition) is 3. The highest BCUT2D eigenvalue weighted by Crippen LogP contribution is 2.30. The van der Waals surface area contributed by atoms with Crippen LogP contribution in [-0.2, 0) is 0 Å². The van der Waals surface area contributed by atoms with Crippen LogP contribution in [0.25, 0.3) is 0 Å². The zero-order chi connectivity index (χ0) is 12.1. The van der Waals surface area contributed by atoms with Crippen LogP contribution in [0.1, 0.15) is 23.7 Å². The largest absolute Gasteiger partial charge is 0.478 e. The maximum absolute atomic E-state index is 11.0. The van der Waals surface area contributed by atoms with E-state index in [4.69, 9.17) is 10.2 Å². The van der Waals surface area contributed by atoms with E-state index in [-0.39, 0.29) is 11.9 Å². The molecule has 1 atom stereocenters. The summed E-state index contributed by atoms with van der Waals surface area (Å²) in [6.07, 6.45) is 0.653. The molecule has 5 heteroatoms. The average molecular weight is 305 g/mol. The van der Waals surface area contributed by atoms with E-state index in [9.17, 15) is 4.79 Å². The summed E-state index contributed by atoms with van der Waals surface area (Å²) in [5, 5.41) is 18.0. The van der Waals surface area contributed by atoms with Crippen LogP contribution in [0, 0.1) is 0 Å². The molecule has 0 saturated heterocycles. The van der Waals surface area contributed by atoms with Crippen molar-refractivity contribution in [2.24, 2.45) is 0 Å². The molecule has 0 amide bonds. The maximum Gasteiger partial charge on any atom is 0.336 e. The Morgan fingerprint density at radius 1 is 1.56 bits per heavy atom. The molecule has 1 unspecified atom stereocenters. The number of aliphatic hydroxyl groups excluding tert-OH is 1. The van der Waals surface area contributed by atoms with Gasteiger partial charge in [-0.1, -0.05) is 22.9 Å². The number of aromatic carboxylic acids is 1. The summed E-state index contributed by atoms with van der Waals surface area (Å²) in [5.41, 5.74) is 0.296. The van der Waals surface area contributed by atoms with Crippen molar-refractivity contribution >= 4 is 33.7 Å². The molecule has 1 rings (SSSR count). The van der Waals surface area contributed by atoms with Crippen molar-refractivity contribution in [3.8, 4) is 0 Å².